The number of aliphatic hydroxyl groups excluding tert-OH is 1. The van der Waals surface area contributed by atoms with Crippen LogP contribution in [0.1, 0.15) is 42.7 Å². The zero-order valence-electron chi connectivity index (χ0n) is 16.5. The molecule has 4 saturated carbocycles. The van der Waals surface area contributed by atoms with Crippen LogP contribution in [0.4, 0.5) is 5.69 Å². The number of aliphatic hydroxyl groups is 1. The second-order valence-corrected chi connectivity index (χ2v) is 9.37. The fourth-order valence-corrected chi connectivity index (χ4v) is 6.55. The monoisotopic (exact) mass is 408 g/mol. The van der Waals surface area contributed by atoms with E-state index in [9.17, 15) is 9.90 Å². The van der Waals surface area contributed by atoms with Crippen molar-refractivity contribution < 1.29 is 14.4 Å². The summed E-state index contributed by atoms with van der Waals surface area (Å²) < 4.78 is 5.33. The van der Waals surface area contributed by atoms with Crippen LogP contribution in [0.2, 0.25) is 0 Å². The number of H-pyrrole nitrogens is 1. The molecule has 4 bridgehead atoms. The first-order valence-electron chi connectivity index (χ1n) is 10.5. The SMILES string of the molecule is NC(=O)c1noc(-c2cnc3[nH]ccc3c2N[C@H]2[C@@H]3CC4C[C@H]2C[C@@](CO)(C4)C3)n1. The van der Waals surface area contributed by atoms with Crippen molar-refractivity contribution in [3.05, 3.63) is 24.3 Å². The molecule has 30 heavy (non-hydrogen) atoms. The van der Waals surface area contributed by atoms with E-state index >= 15 is 0 Å². The normalized spacial score (nSPS) is 32.0. The van der Waals surface area contributed by atoms with E-state index < -0.39 is 5.91 Å². The number of aromatic amines is 1. The van der Waals surface area contributed by atoms with E-state index in [4.69, 9.17) is 10.3 Å². The number of amides is 1. The third-order valence-electron chi connectivity index (χ3n) is 7.51. The summed E-state index contributed by atoms with van der Waals surface area (Å²) in [7, 11) is 0. The molecule has 9 nitrogen and oxygen atoms in total. The third-order valence-corrected chi connectivity index (χ3v) is 7.51. The number of pyridine rings is 1. The van der Waals surface area contributed by atoms with Crippen molar-refractivity contribution in [2.75, 3.05) is 11.9 Å². The van der Waals surface area contributed by atoms with Gasteiger partial charge in [-0.05, 0) is 61.3 Å². The summed E-state index contributed by atoms with van der Waals surface area (Å²) >= 11 is 0. The molecule has 3 heterocycles. The minimum atomic E-state index is -0.731. The summed E-state index contributed by atoms with van der Waals surface area (Å²) in [5, 5.41) is 18.5. The van der Waals surface area contributed by atoms with Crippen LogP contribution in [0.3, 0.4) is 0 Å². The van der Waals surface area contributed by atoms with E-state index in [-0.39, 0.29) is 17.1 Å². The Morgan fingerprint density at radius 3 is 2.83 bits per heavy atom. The summed E-state index contributed by atoms with van der Waals surface area (Å²) in [4.78, 5) is 23.2. The topological polar surface area (TPSA) is 143 Å². The van der Waals surface area contributed by atoms with E-state index in [1.165, 1.54) is 19.3 Å². The molecule has 1 unspecified atom stereocenters. The number of aromatic nitrogens is 4. The second-order valence-electron chi connectivity index (χ2n) is 9.37. The second kappa shape index (κ2) is 6.28. The fraction of sp³-hybridized carbons (Fsp3) is 0.524. The summed E-state index contributed by atoms with van der Waals surface area (Å²) in [6.45, 7) is 0.295. The average molecular weight is 408 g/mol. The van der Waals surface area contributed by atoms with Gasteiger partial charge in [-0.1, -0.05) is 5.16 Å². The zero-order chi connectivity index (χ0) is 20.5. The van der Waals surface area contributed by atoms with Gasteiger partial charge in [0.2, 0.25) is 0 Å². The molecule has 7 rings (SSSR count). The van der Waals surface area contributed by atoms with Gasteiger partial charge in [0, 0.05) is 30.4 Å². The van der Waals surface area contributed by atoms with Crippen LogP contribution in [-0.2, 0) is 0 Å². The van der Waals surface area contributed by atoms with Crippen LogP contribution in [0.5, 0.6) is 0 Å². The number of carbonyl (C=O) groups is 1. The molecule has 3 aromatic heterocycles. The Kier molecular flexibility index (Phi) is 3.74. The van der Waals surface area contributed by atoms with Gasteiger partial charge in [-0.25, -0.2) is 4.98 Å². The fourth-order valence-electron chi connectivity index (χ4n) is 6.55. The third kappa shape index (κ3) is 2.57. The molecule has 4 fully saturated rings. The Labute approximate surface area is 172 Å². The standard InChI is InChI=1S/C21H24N6O3/c22-17(29)19-26-20(30-27-19)14-8-24-18-13(1-2-23-18)16(14)25-15-11-3-10-4-12(15)7-21(5-10,6-11)9-28/h1-2,8,10-12,15,28H,3-7,9H2,(H2,22,29)(H2,23,24,25)/t10?,11-,12+,15+,21-. The van der Waals surface area contributed by atoms with Crippen LogP contribution in [0.15, 0.2) is 23.0 Å². The molecule has 0 aromatic carbocycles. The Morgan fingerprint density at radius 1 is 1.33 bits per heavy atom. The molecule has 1 amide bonds. The number of fused-ring (bicyclic) bond motifs is 1. The van der Waals surface area contributed by atoms with Gasteiger partial charge in [-0.3, -0.25) is 4.79 Å². The van der Waals surface area contributed by atoms with Crippen LogP contribution >= 0.6 is 0 Å². The molecule has 0 radical (unpaired) electrons. The lowest BCUT2D eigenvalue weighted by Gasteiger charge is -2.60. The highest BCUT2D eigenvalue weighted by molar-refractivity contribution is 5.97. The van der Waals surface area contributed by atoms with Crippen molar-refractivity contribution >= 4 is 22.6 Å². The molecule has 156 valence electrons. The van der Waals surface area contributed by atoms with E-state index in [2.05, 4.69) is 25.4 Å². The molecule has 4 aliphatic rings. The number of nitrogens with two attached hydrogens (primary N) is 1. The largest absolute Gasteiger partial charge is 0.396 e. The van der Waals surface area contributed by atoms with Crippen molar-refractivity contribution in [3.8, 4) is 11.5 Å². The number of rotatable bonds is 5. The molecule has 0 aliphatic heterocycles. The number of hydrogen-bond acceptors (Lipinski definition) is 7. The van der Waals surface area contributed by atoms with Crippen molar-refractivity contribution in [3.63, 3.8) is 0 Å². The minimum absolute atomic E-state index is 0.113. The summed E-state index contributed by atoms with van der Waals surface area (Å²) in [6, 6.07) is 2.30. The predicted octanol–water partition coefficient (Wildman–Crippen LogP) is 2.31. The molecule has 3 aromatic rings. The Morgan fingerprint density at radius 2 is 2.13 bits per heavy atom. The van der Waals surface area contributed by atoms with E-state index in [1.807, 2.05) is 12.3 Å². The average Bonchev–Trinajstić information content (AvgIpc) is 3.40. The number of carbonyl (C=O) groups excluding carboxylic acids is 1. The molecular formula is C21H24N6O3. The van der Waals surface area contributed by atoms with Crippen molar-refractivity contribution in [2.24, 2.45) is 28.9 Å². The number of primary amides is 1. The lowest BCUT2D eigenvalue weighted by Crippen LogP contribution is -2.57. The first-order valence-corrected chi connectivity index (χ1v) is 10.5. The van der Waals surface area contributed by atoms with Crippen LogP contribution in [0, 0.1) is 23.2 Å². The molecule has 9 heteroatoms. The van der Waals surface area contributed by atoms with Gasteiger partial charge in [0.1, 0.15) is 5.65 Å². The van der Waals surface area contributed by atoms with Crippen LogP contribution < -0.4 is 11.1 Å². The lowest BCUT2D eigenvalue weighted by molar-refractivity contribution is -0.0868. The molecule has 0 saturated heterocycles. The molecule has 4 aliphatic carbocycles. The summed E-state index contributed by atoms with van der Waals surface area (Å²) in [6.07, 6.45) is 9.26. The molecule has 0 spiro atoms. The van der Waals surface area contributed by atoms with Gasteiger partial charge in [0.15, 0.2) is 0 Å². The van der Waals surface area contributed by atoms with E-state index in [1.54, 1.807) is 6.20 Å². The van der Waals surface area contributed by atoms with E-state index in [0.717, 1.165) is 35.5 Å². The number of hydrogen-bond donors (Lipinski definition) is 4. The van der Waals surface area contributed by atoms with Crippen molar-refractivity contribution in [1.29, 1.82) is 0 Å². The molecule has 5 N–H and O–H groups in total. The first-order chi connectivity index (χ1) is 14.5. The van der Waals surface area contributed by atoms with E-state index in [0.29, 0.717) is 30.0 Å². The Balaban J connectivity index is 1.40. The van der Waals surface area contributed by atoms with Crippen molar-refractivity contribution in [2.45, 2.75) is 38.1 Å². The Hall–Kier alpha value is -2.94. The van der Waals surface area contributed by atoms with Gasteiger partial charge in [0.05, 0.1) is 11.3 Å². The maximum atomic E-state index is 11.4. The summed E-state index contributed by atoms with van der Waals surface area (Å²) in [5.41, 5.74) is 7.72. The first kappa shape index (κ1) is 17.9. The molecule has 5 atom stereocenters. The number of nitrogens with zero attached hydrogens (tertiary/aromatic N) is 3. The smallest absolute Gasteiger partial charge is 0.290 e. The van der Waals surface area contributed by atoms with Gasteiger partial charge in [-0.2, -0.15) is 4.98 Å². The minimum Gasteiger partial charge on any atom is -0.396 e. The Bertz CT molecular complexity index is 1120. The van der Waals surface area contributed by atoms with Crippen molar-refractivity contribution in [1.82, 2.24) is 20.1 Å². The van der Waals surface area contributed by atoms with Crippen LogP contribution in [-0.4, -0.2) is 43.8 Å². The zero-order valence-corrected chi connectivity index (χ0v) is 16.5. The number of anilines is 1. The lowest BCUT2D eigenvalue weighted by atomic mass is 9.48. The maximum absolute atomic E-state index is 11.4. The van der Waals surface area contributed by atoms with Gasteiger partial charge < -0.3 is 25.7 Å². The maximum Gasteiger partial charge on any atom is 0.290 e. The van der Waals surface area contributed by atoms with Gasteiger partial charge >= 0.3 is 0 Å². The highest BCUT2D eigenvalue weighted by atomic mass is 16.5. The van der Waals surface area contributed by atoms with Gasteiger partial charge in [-0.15, -0.1) is 0 Å². The quantitative estimate of drug-likeness (QED) is 0.507. The predicted molar refractivity (Wildman–Crippen MR) is 108 cm³/mol. The van der Waals surface area contributed by atoms with Gasteiger partial charge in [0.25, 0.3) is 17.6 Å². The molecular weight excluding hydrogens is 384 g/mol. The number of nitrogens with one attached hydrogen (secondary N) is 2. The highest BCUT2D eigenvalue weighted by Gasteiger charge is 2.55. The summed E-state index contributed by atoms with van der Waals surface area (Å²) in [5.74, 6) is 1.13. The highest BCUT2D eigenvalue weighted by Crippen LogP contribution is 2.60. The van der Waals surface area contributed by atoms with Crippen LogP contribution in [0.25, 0.3) is 22.5 Å².